The molecule has 9 nitrogen and oxygen atoms in total. The van der Waals surface area contributed by atoms with Crippen molar-refractivity contribution >= 4 is 40.2 Å². The fraction of sp³-hybridized carbons (Fsp3) is 0.304. The number of amidine groups is 1. The van der Waals surface area contributed by atoms with Gasteiger partial charge in [0, 0.05) is 29.6 Å². The number of halogens is 2. The van der Waals surface area contributed by atoms with Gasteiger partial charge in [-0.3, -0.25) is 19.7 Å². The zero-order valence-corrected chi connectivity index (χ0v) is 19.1. The summed E-state index contributed by atoms with van der Waals surface area (Å²) in [6.07, 6.45) is 1.17. The monoisotopic (exact) mass is 485 g/mol. The highest BCUT2D eigenvalue weighted by molar-refractivity contribution is 6.30. The zero-order chi connectivity index (χ0) is 24.4. The first-order valence-electron chi connectivity index (χ1n) is 10.8. The van der Waals surface area contributed by atoms with Crippen molar-refractivity contribution in [1.29, 1.82) is 5.41 Å². The molecule has 11 heteroatoms. The number of nitrogens with one attached hydrogen (secondary N) is 2. The van der Waals surface area contributed by atoms with Crippen LogP contribution in [0.25, 0.3) is 10.9 Å². The molecule has 0 bridgehead atoms. The topological polar surface area (TPSA) is 143 Å². The van der Waals surface area contributed by atoms with E-state index in [9.17, 15) is 14.0 Å². The number of carbonyl (C=O) groups is 2. The van der Waals surface area contributed by atoms with E-state index in [0.29, 0.717) is 29.4 Å². The van der Waals surface area contributed by atoms with Crippen LogP contribution in [0.5, 0.6) is 0 Å². The lowest BCUT2D eigenvalue weighted by molar-refractivity contribution is -0.141. The van der Waals surface area contributed by atoms with Crippen LogP contribution in [0.3, 0.4) is 0 Å². The van der Waals surface area contributed by atoms with Crippen molar-refractivity contribution in [3.8, 4) is 0 Å². The molecule has 0 saturated heterocycles. The molecule has 0 radical (unpaired) electrons. The maximum Gasteiger partial charge on any atom is 0.245 e. The summed E-state index contributed by atoms with van der Waals surface area (Å²) in [7, 11) is 0. The summed E-state index contributed by atoms with van der Waals surface area (Å²) in [5.41, 5.74) is 12.8. The molecule has 0 aliphatic heterocycles. The number of rotatable bonds is 8. The minimum atomic E-state index is -0.589. The van der Waals surface area contributed by atoms with Crippen LogP contribution in [0.15, 0.2) is 42.5 Å². The molecule has 178 valence electrons. The fourth-order valence-electron chi connectivity index (χ4n) is 4.06. The third-order valence-corrected chi connectivity index (χ3v) is 6.22. The van der Waals surface area contributed by atoms with E-state index >= 15 is 0 Å². The number of carbonyl (C=O) groups excluding carboxylic acids is 2. The second-order valence-electron chi connectivity index (χ2n) is 8.33. The largest absolute Gasteiger partial charge is 0.382 e. The molecule has 0 spiro atoms. The van der Waals surface area contributed by atoms with Crippen LogP contribution in [0.4, 0.5) is 4.39 Å². The number of fused-ring (bicyclic) bond motifs is 1. The van der Waals surface area contributed by atoms with Crippen molar-refractivity contribution in [3.63, 3.8) is 0 Å². The van der Waals surface area contributed by atoms with E-state index in [2.05, 4.69) is 10.4 Å². The Bertz CT molecular complexity index is 1260. The second-order valence-corrected chi connectivity index (χ2v) is 8.74. The average Bonchev–Trinajstić information content (AvgIpc) is 3.15. The van der Waals surface area contributed by atoms with E-state index in [0.717, 1.165) is 0 Å². The van der Waals surface area contributed by atoms with Crippen LogP contribution in [-0.2, 0) is 22.7 Å². The molecule has 3 aromatic rings. The van der Waals surface area contributed by atoms with Gasteiger partial charge in [-0.15, -0.1) is 0 Å². The van der Waals surface area contributed by atoms with Gasteiger partial charge < -0.3 is 21.7 Å². The molecule has 0 atom stereocenters. The normalized spacial score (nSPS) is 17.3. The first kappa shape index (κ1) is 23.7. The number of nitrogens with zero attached hydrogens (tertiary/aromatic N) is 3. The Morgan fingerprint density at radius 3 is 2.68 bits per heavy atom. The highest BCUT2D eigenvalue weighted by Crippen LogP contribution is 2.25. The standard InChI is InChI=1S/C23H25ClFN7O2/c24-17-6-3-4-13(21(17)25)10-29-19(33)11-31(15-8-14(26)9-15)20(34)12-32-18-7-2-1-5-16(18)22(30-32)23(27)28/h1-7,14-15H,8-12,26H2,(H3,27,28)(H,29,33). The fourth-order valence-corrected chi connectivity index (χ4v) is 4.25. The summed E-state index contributed by atoms with van der Waals surface area (Å²) in [6, 6.07) is 11.5. The highest BCUT2D eigenvalue weighted by Gasteiger charge is 2.35. The predicted octanol–water partition coefficient (Wildman–Crippen LogP) is 1.75. The number of para-hydroxylation sites is 1. The van der Waals surface area contributed by atoms with Crippen LogP contribution >= 0.6 is 11.6 Å². The van der Waals surface area contributed by atoms with Gasteiger partial charge in [0.2, 0.25) is 11.8 Å². The minimum Gasteiger partial charge on any atom is -0.382 e. The summed E-state index contributed by atoms with van der Waals surface area (Å²) in [4.78, 5) is 27.4. The summed E-state index contributed by atoms with van der Waals surface area (Å²) in [5, 5.41) is 15.4. The van der Waals surface area contributed by atoms with Gasteiger partial charge in [0.05, 0.1) is 17.1 Å². The molecular formula is C23H25ClFN7O2. The van der Waals surface area contributed by atoms with Crippen molar-refractivity contribution in [2.45, 2.75) is 38.0 Å². The van der Waals surface area contributed by atoms with E-state index in [4.69, 9.17) is 28.5 Å². The summed E-state index contributed by atoms with van der Waals surface area (Å²) >= 11 is 5.79. The van der Waals surface area contributed by atoms with E-state index in [-0.39, 0.29) is 54.0 Å². The highest BCUT2D eigenvalue weighted by atomic mass is 35.5. The van der Waals surface area contributed by atoms with Crippen molar-refractivity contribution in [2.24, 2.45) is 11.5 Å². The zero-order valence-electron chi connectivity index (χ0n) is 18.3. The predicted molar refractivity (Wildman–Crippen MR) is 127 cm³/mol. The Labute approximate surface area is 200 Å². The maximum absolute atomic E-state index is 14.1. The molecule has 2 amide bonds. The van der Waals surface area contributed by atoms with E-state index in [1.165, 1.54) is 21.7 Å². The Kier molecular flexibility index (Phi) is 6.80. The Balaban J connectivity index is 1.49. The Morgan fingerprint density at radius 2 is 1.97 bits per heavy atom. The van der Waals surface area contributed by atoms with Gasteiger partial charge in [0.1, 0.15) is 23.9 Å². The Hall–Kier alpha value is -3.50. The first-order valence-corrected chi connectivity index (χ1v) is 11.2. The molecule has 1 saturated carbocycles. The molecule has 34 heavy (non-hydrogen) atoms. The van der Waals surface area contributed by atoms with Gasteiger partial charge in [-0.05, 0) is 25.0 Å². The van der Waals surface area contributed by atoms with Gasteiger partial charge in [-0.2, -0.15) is 5.10 Å². The van der Waals surface area contributed by atoms with Crippen molar-refractivity contribution in [1.82, 2.24) is 20.0 Å². The number of nitrogen functional groups attached to an aromatic ring is 1. The third-order valence-electron chi connectivity index (χ3n) is 5.93. The van der Waals surface area contributed by atoms with Gasteiger partial charge in [-0.25, -0.2) is 4.39 Å². The van der Waals surface area contributed by atoms with Crippen LogP contribution in [0, 0.1) is 11.2 Å². The number of hydrogen-bond acceptors (Lipinski definition) is 5. The van der Waals surface area contributed by atoms with Crippen LogP contribution in [-0.4, -0.2) is 51.0 Å². The van der Waals surface area contributed by atoms with Gasteiger partial charge in [-0.1, -0.05) is 41.9 Å². The number of benzene rings is 2. The summed E-state index contributed by atoms with van der Waals surface area (Å²) < 4.78 is 15.6. The summed E-state index contributed by atoms with van der Waals surface area (Å²) in [5.74, 6) is -1.53. The van der Waals surface area contributed by atoms with Gasteiger partial charge in [0.25, 0.3) is 0 Å². The van der Waals surface area contributed by atoms with Crippen LogP contribution in [0.2, 0.25) is 5.02 Å². The molecule has 2 aromatic carbocycles. The lowest BCUT2D eigenvalue weighted by atomic mass is 9.86. The van der Waals surface area contributed by atoms with Crippen LogP contribution in [0.1, 0.15) is 24.1 Å². The summed E-state index contributed by atoms with van der Waals surface area (Å²) in [6.45, 7) is -0.379. The van der Waals surface area contributed by atoms with E-state index in [1.807, 2.05) is 0 Å². The molecule has 1 aromatic heterocycles. The number of aromatic nitrogens is 2. The molecule has 1 aliphatic rings. The van der Waals surface area contributed by atoms with Gasteiger partial charge >= 0.3 is 0 Å². The van der Waals surface area contributed by atoms with E-state index in [1.54, 1.807) is 30.3 Å². The average molecular weight is 486 g/mol. The molecule has 4 rings (SSSR count). The molecule has 0 unspecified atom stereocenters. The molecular weight excluding hydrogens is 461 g/mol. The second kappa shape index (κ2) is 9.78. The molecule has 6 N–H and O–H groups in total. The van der Waals surface area contributed by atoms with Crippen molar-refractivity contribution in [3.05, 3.63) is 64.6 Å². The maximum atomic E-state index is 14.1. The quantitative estimate of drug-likeness (QED) is 0.284. The molecule has 1 heterocycles. The Morgan fingerprint density at radius 1 is 1.24 bits per heavy atom. The van der Waals surface area contributed by atoms with Gasteiger partial charge in [0.15, 0.2) is 0 Å². The number of nitrogens with two attached hydrogens (primary N) is 2. The van der Waals surface area contributed by atoms with Crippen LogP contribution < -0.4 is 16.8 Å². The smallest absolute Gasteiger partial charge is 0.245 e. The SMILES string of the molecule is N=C(N)c1nn(CC(=O)N(CC(=O)NCc2cccc(Cl)c2F)C2CC(N)C2)c2ccccc12. The van der Waals surface area contributed by atoms with Crippen molar-refractivity contribution < 1.29 is 14.0 Å². The van der Waals surface area contributed by atoms with Crippen molar-refractivity contribution in [2.75, 3.05) is 6.54 Å². The first-order chi connectivity index (χ1) is 16.2. The number of amides is 2. The molecule has 1 aliphatic carbocycles. The lowest BCUT2D eigenvalue weighted by Gasteiger charge is -2.41. The minimum absolute atomic E-state index is 0.0246. The third kappa shape index (κ3) is 4.87. The molecule has 1 fully saturated rings. The lowest BCUT2D eigenvalue weighted by Crippen LogP contribution is -2.55. The number of hydrogen-bond donors (Lipinski definition) is 4. The van der Waals surface area contributed by atoms with E-state index < -0.39 is 11.7 Å².